The largest absolute Gasteiger partial charge is 0.366 e. The zero-order valence-electron chi connectivity index (χ0n) is 13.9. The summed E-state index contributed by atoms with van der Waals surface area (Å²) < 4.78 is 0. The van der Waals surface area contributed by atoms with Gasteiger partial charge in [0, 0.05) is 17.7 Å². The molecule has 1 fully saturated rings. The van der Waals surface area contributed by atoms with E-state index >= 15 is 0 Å². The van der Waals surface area contributed by atoms with Gasteiger partial charge in [0.25, 0.3) is 11.6 Å². The van der Waals surface area contributed by atoms with Gasteiger partial charge in [0.05, 0.1) is 42.4 Å². The average molecular weight is 341 g/mol. The van der Waals surface area contributed by atoms with Crippen LogP contribution in [0.25, 0.3) is 0 Å². The van der Waals surface area contributed by atoms with Crippen molar-refractivity contribution in [3.8, 4) is 0 Å². The smallest absolute Gasteiger partial charge is 0.270 e. The second-order valence-corrected chi connectivity index (χ2v) is 6.22. The van der Waals surface area contributed by atoms with Crippen molar-refractivity contribution >= 4 is 17.3 Å². The van der Waals surface area contributed by atoms with E-state index in [1.165, 1.54) is 22.6 Å². The Morgan fingerprint density at radius 1 is 1.16 bits per heavy atom. The number of nitro groups is 1. The predicted molar refractivity (Wildman–Crippen MR) is 94.7 cm³/mol. The third kappa shape index (κ3) is 3.95. The Morgan fingerprint density at radius 2 is 1.84 bits per heavy atom. The zero-order chi connectivity index (χ0) is 17.8. The number of non-ortho nitro benzene ring substituents is 1. The molecule has 1 amide bonds. The fourth-order valence-corrected chi connectivity index (χ4v) is 3.24. The molecule has 1 aliphatic heterocycles. The van der Waals surface area contributed by atoms with Crippen LogP contribution in [0.4, 0.5) is 11.4 Å². The number of nitrogens with two attached hydrogens (primary N) is 1. The fraction of sp³-hybridized carbons (Fsp3) is 0.278. The summed E-state index contributed by atoms with van der Waals surface area (Å²) in [6.07, 6.45) is 0. The number of anilines is 1. The lowest BCUT2D eigenvalue weighted by Crippen LogP contribution is -3.13. The van der Waals surface area contributed by atoms with Crippen molar-refractivity contribution in [3.63, 3.8) is 0 Å². The van der Waals surface area contributed by atoms with Gasteiger partial charge >= 0.3 is 0 Å². The van der Waals surface area contributed by atoms with Gasteiger partial charge in [0.2, 0.25) is 0 Å². The standard InChI is InChI=1S/C18H20N4O3/c19-18(23)16-12-15(22(24)25)6-7-17(16)21-10-8-20(9-11-21)13-14-4-2-1-3-5-14/h1-7,12H,8-11,13H2,(H2,19,23)/p+1. The Bertz CT molecular complexity index is 771. The van der Waals surface area contributed by atoms with E-state index in [-0.39, 0.29) is 11.3 Å². The number of hydrogen-bond donors (Lipinski definition) is 2. The highest BCUT2D eigenvalue weighted by Crippen LogP contribution is 2.25. The van der Waals surface area contributed by atoms with Gasteiger partial charge < -0.3 is 15.5 Å². The Kier molecular flexibility index (Phi) is 4.95. The maximum absolute atomic E-state index is 11.7. The summed E-state index contributed by atoms with van der Waals surface area (Å²) in [5.41, 5.74) is 7.50. The molecule has 25 heavy (non-hydrogen) atoms. The van der Waals surface area contributed by atoms with Crippen LogP contribution in [0.2, 0.25) is 0 Å². The molecule has 1 saturated heterocycles. The normalized spacial score (nSPS) is 15.1. The van der Waals surface area contributed by atoms with Gasteiger partial charge in [-0.3, -0.25) is 14.9 Å². The van der Waals surface area contributed by atoms with Crippen molar-refractivity contribution in [2.75, 3.05) is 31.1 Å². The molecule has 7 heteroatoms. The highest BCUT2D eigenvalue weighted by molar-refractivity contribution is 5.99. The summed E-state index contributed by atoms with van der Waals surface area (Å²) in [7, 11) is 0. The molecule has 0 bridgehead atoms. The van der Waals surface area contributed by atoms with Crippen molar-refractivity contribution in [1.29, 1.82) is 0 Å². The lowest BCUT2D eigenvalue weighted by molar-refractivity contribution is -0.914. The molecule has 130 valence electrons. The number of nitrogens with one attached hydrogen (secondary N) is 1. The minimum atomic E-state index is -0.641. The molecular formula is C18H21N4O3+. The van der Waals surface area contributed by atoms with E-state index in [0.29, 0.717) is 5.69 Å². The van der Waals surface area contributed by atoms with Gasteiger partial charge in [-0.15, -0.1) is 0 Å². The number of benzene rings is 2. The number of carbonyl (C=O) groups is 1. The first kappa shape index (κ1) is 16.9. The van der Waals surface area contributed by atoms with Crippen LogP contribution in [0.1, 0.15) is 15.9 Å². The molecule has 1 heterocycles. The second-order valence-electron chi connectivity index (χ2n) is 6.22. The van der Waals surface area contributed by atoms with Gasteiger partial charge in [0.1, 0.15) is 6.54 Å². The summed E-state index contributed by atoms with van der Waals surface area (Å²) in [6, 6.07) is 14.7. The number of rotatable bonds is 5. The van der Waals surface area contributed by atoms with E-state index in [0.717, 1.165) is 32.7 Å². The van der Waals surface area contributed by atoms with Crippen molar-refractivity contribution < 1.29 is 14.6 Å². The molecule has 2 aromatic carbocycles. The Balaban J connectivity index is 1.70. The Hall–Kier alpha value is -2.93. The van der Waals surface area contributed by atoms with E-state index in [1.54, 1.807) is 6.07 Å². The maximum Gasteiger partial charge on any atom is 0.270 e. The van der Waals surface area contributed by atoms with Crippen LogP contribution in [-0.2, 0) is 6.54 Å². The predicted octanol–water partition coefficient (Wildman–Crippen LogP) is 0.599. The summed E-state index contributed by atoms with van der Waals surface area (Å²) in [4.78, 5) is 25.7. The number of primary amides is 1. The van der Waals surface area contributed by atoms with Crippen LogP contribution in [0.15, 0.2) is 48.5 Å². The number of hydrogen-bond acceptors (Lipinski definition) is 4. The molecule has 0 atom stereocenters. The van der Waals surface area contributed by atoms with Crippen LogP contribution >= 0.6 is 0 Å². The summed E-state index contributed by atoms with van der Waals surface area (Å²) in [6.45, 7) is 4.40. The van der Waals surface area contributed by atoms with E-state index in [9.17, 15) is 14.9 Å². The molecule has 0 radical (unpaired) electrons. The number of carbonyl (C=O) groups excluding carboxylic acids is 1. The van der Waals surface area contributed by atoms with E-state index in [2.05, 4.69) is 17.0 Å². The van der Waals surface area contributed by atoms with Gasteiger partial charge in [-0.1, -0.05) is 30.3 Å². The molecule has 3 N–H and O–H groups in total. The minimum Gasteiger partial charge on any atom is -0.366 e. The highest BCUT2D eigenvalue weighted by atomic mass is 16.6. The third-order valence-corrected chi connectivity index (χ3v) is 4.56. The summed E-state index contributed by atoms with van der Waals surface area (Å²) >= 11 is 0. The molecule has 1 aliphatic rings. The molecule has 0 unspecified atom stereocenters. The molecule has 0 spiro atoms. The van der Waals surface area contributed by atoms with Crippen molar-refractivity contribution in [1.82, 2.24) is 0 Å². The quantitative estimate of drug-likeness (QED) is 0.615. The molecule has 2 aromatic rings. The summed E-state index contributed by atoms with van der Waals surface area (Å²) in [5, 5.41) is 10.9. The lowest BCUT2D eigenvalue weighted by Gasteiger charge is -2.34. The SMILES string of the molecule is NC(=O)c1cc([N+](=O)[O-])ccc1N1CC[NH+](Cc2ccccc2)CC1. The van der Waals surface area contributed by atoms with Gasteiger partial charge in [0.15, 0.2) is 0 Å². The molecule has 0 saturated carbocycles. The van der Waals surface area contributed by atoms with Crippen LogP contribution in [0.3, 0.4) is 0 Å². The number of amides is 1. The Labute approximate surface area is 145 Å². The molecular weight excluding hydrogens is 320 g/mol. The average Bonchev–Trinajstić information content (AvgIpc) is 2.62. The first-order valence-electron chi connectivity index (χ1n) is 8.25. The van der Waals surface area contributed by atoms with E-state index in [1.807, 2.05) is 18.2 Å². The maximum atomic E-state index is 11.7. The molecule has 0 aliphatic carbocycles. The first-order valence-corrected chi connectivity index (χ1v) is 8.25. The van der Waals surface area contributed by atoms with Crippen molar-refractivity contribution in [2.45, 2.75) is 6.54 Å². The van der Waals surface area contributed by atoms with Crippen LogP contribution in [0.5, 0.6) is 0 Å². The number of nitrogens with zero attached hydrogens (tertiary/aromatic N) is 2. The molecule has 0 aromatic heterocycles. The summed E-state index contributed by atoms with van der Waals surface area (Å²) in [5.74, 6) is -0.641. The molecule has 7 nitrogen and oxygen atoms in total. The third-order valence-electron chi connectivity index (χ3n) is 4.56. The topological polar surface area (TPSA) is 93.9 Å². The van der Waals surface area contributed by atoms with Gasteiger partial charge in [-0.05, 0) is 6.07 Å². The lowest BCUT2D eigenvalue weighted by atomic mass is 10.1. The van der Waals surface area contributed by atoms with Crippen molar-refractivity contribution in [2.24, 2.45) is 5.73 Å². The van der Waals surface area contributed by atoms with Crippen molar-refractivity contribution in [3.05, 3.63) is 69.8 Å². The van der Waals surface area contributed by atoms with Gasteiger partial charge in [-0.2, -0.15) is 0 Å². The van der Waals surface area contributed by atoms with Crippen LogP contribution in [0, 0.1) is 10.1 Å². The first-order chi connectivity index (χ1) is 12.0. The number of nitro benzene ring substituents is 1. The van der Waals surface area contributed by atoms with Crippen LogP contribution < -0.4 is 15.5 Å². The Morgan fingerprint density at radius 3 is 2.44 bits per heavy atom. The van der Waals surface area contributed by atoms with Crippen LogP contribution in [-0.4, -0.2) is 37.0 Å². The fourth-order valence-electron chi connectivity index (χ4n) is 3.24. The van der Waals surface area contributed by atoms with E-state index in [4.69, 9.17) is 5.73 Å². The number of quaternary nitrogens is 1. The second kappa shape index (κ2) is 7.31. The monoisotopic (exact) mass is 341 g/mol. The highest BCUT2D eigenvalue weighted by Gasteiger charge is 2.24. The minimum absolute atomic E-state index is 0.120. The molecule has 3 rings (SSSR count). The van der Waals surface area contributed by atoms with Gasteiger partial charge in [-0.25, -0.2) is 0 Å². The number of piperazine rings is 1. The van der Waals surface area contributed by atoms with E-state index < -0.39 is 10.8 Å². The zero-order valence-corrected chi connectivity index (χ0v) is 13.9.